The third-order valence-electron chi connectivity index (χ3n) is 6.57. The van der Waals surface area contributed by atoms with E-state index in [1.807, 2.05) is 85.8 Å². The molecule has 0 radical (unpaired) electrons. The second-order valence-electron chi connectivity index (χ2n) is 9.39. The lowest BCUT2D eigenvalue weighted by atomic mass is 9.95. The fourth-order valence-corrected chi connectivity index (χ4v) is 4.31. The minimum absolute atomic E-state index is 0.154. The molecule has 0 spiro atoms. The molecular formula is C33H32N4O3. The maximum atomic E-state index is 13.3. The number of amides is 2. The first-order valence-corrected chi connectivity index (χ1v) is 13.1. The Morgan fingerprint density at radius 1 is 0.850 bits per heavy atom. The Morgan fingerprint density at radius 3 is 2.15 bits per heavy atom. The molecule has 0 bridgehead atoms. The van der Waals surface area contributed by atoms with Crippen molar-refractivity contribution in [2.45, 2.75) is 12.8 Å². The standard InChI is InChI=1S/C33H32N4O3/c1-23-4-3-5-28(20-23)32(38)37-22-31(33(39)36-19-18-35-29-14-16-30(40-2)17-15-29)27-12-10-26(11-13-27)25-8-6-24(21-34)7-9-25/h3-17,20,31,35H,18-19,22H2,1-2H3,(H,36,39)(H,37,38). The van der Waals surface area contributed by atoms with Crippen molar-refractivity contribution in [1.82, 2.24) is 10.6 Å². The Balaban J connectivity index is 1.43. The van der Waals surface area contributed by atoms with Crippen molar-refractivity contribution in [3.63, 3.8) is 0 Å². The van der Waals surface area contributed by atoms with Crippen LogP contribution >= 0.6 is 0 Å². The van der Waals surface area contributed by atoms with E-state index in [2.05, 4.69) is 22.0 Å². The highest BCUT2D eigenvalue weighted by Crippen LogP contribution is 2.24. The van der Waals surface area contributed by atoms with Gasteiger partial charge in [0.1, 0.15) is 5.75 Å². The third-order valence-corrected chi connectivity index (χ3v) is 6.57. The van der Waals surface area contributed by atoms with Gasteiger partial charge >= 0.3 is 0 Å². The van der Waals surface area contributed by atoms with Crippen molar-refractivity contribution in [3.05, 3.63) is 119 Å². The van der Waals surface area contributed by atoms with E-state index >= 15 is 0 Å². The number of hydrogen-bond donors (Lipinski definition) is 3. The Hall–Kier alpha value is -5.09. The SMILES string of the molecule is COc1ccc(NCCNC(=O)C(CNC(=O)c2cccc(C)c2)c2ccc(-c3ccc(C#N)cc3)cc2)cc1. The van der Waals surface area contributed by atoms with Gasteiger partial charge in [-0.25, -0.2) is 0 Å². The molecule has 0 aliphatic heterocycles. The van der Waals surface area contributed by atoms with E-state index in [-0.39, 0.29) is 18.4 Å². The van der Waals surface area contributed by atoms with Crippen LogP contribution in [0.5, 0.6) is 5.75 Å². The number of aryl methyl sites for hydroxylation is 1. The third kappa shape index (κ3) is 7.49. The van der Waals surface area contributed by atoms with E-state index < -0.39 is 5.92 Å². The summed E-state index contributed by atoms with van der Waals surface area (Å²) in [6.45, 7) is 3.04. The second-order valence-corrected chi connectivity index (χ2v) is 9.39. The van der Waals surface area contributed by atoms with Crippen LogP contribution in [0.25, 0.3) is 11.1 Å². The van der Waals surface area contributed by atoms with E-state index in [0.717, 1.165) is 33.7 Å². The Morgan fingerprint density at radius 2 is 1.52 bits per heavy atom. The first-order valence-electron chi connectivity index (χ1n) is 13.1. The Bertz CT molecular complexity index is 1470. The van der Waals surface area contributed by atoms with Crippen LogP contribution in [-0.2, 0) is 4.79 Å². The van der Waals surface area contributed by atoms with Crippen molar-refractivity contribution in [2.24, 2.45) is 0 Å². The minimum atomic E-state index is -0.579. The van der Waals surface area contributed by atoms with Crippen molar-refractivity contribution in [2.75, 3.05) is 32.1 Å². The molecule has 4 rings (SSSR count). The highest BCUT2D eigenvalue weighted by Gasteiger charge is 2.22. The first-order chi connectivity index (χ1) is 19.5. The highest BCUT2D eigenvalue weighted by molar-refractivity contribution is 5.95. The topological polar surface area (TPSA) is 103 Å². The van der Waals surface area contributed by atoms with Crippen molar-refractivity contribution < 1.29 is 14.3 Å². The zero-order chi connectivity index (χ0) is 28.3. The number of hydrogen-bond acceptors (Lipinski definition) is 5. The lowest BCUT2D eigenvalue weighted by molar-refractivity contribution is -0.122. The van der Waals surface area contributed by atoms with Gasteiger partial charge in [0.25, 0.3) is 5.91 Å². The minimum Gasteiger partial charge on any atom is -0.497 e. The Labute approximate surface area is 234 Å². The molecule has 0 heterocycles. The number of anilines is 1. The molecule has 2 amide bonds. The van der Waals surface area contributed by atoms with Crippen LogP contribution in [0.15, 0.2) is 97.1 Å². The largest absolute Gasteiger partial charge is 0.497 e. The number of nitrogens with zero attached hydrogens (tertiary/aromatic N) is 1. The number of nitrogens with one attached hydrogen (secondary N) is 3. The number of nitriles is 1. The first kappa shape index (κ1) is 27.9. The van der Waals surface area contributed by atoms with Gasteiger partial charge in [0.05, 0.1) is 24.7 Å². The van der Waals surface area contributed by atoms with Gasteiger partial charge in [0, 0.05) is 30.9 Å². The summed E-state index contributed by atoms with van der Waals surface area (Å²) in [6, 6.07) is 32.1. The number of methoxy groups -OCH3 is 1. The van der Waals surface area contributed by atoms with Crippen LogP contribution in [0, 0.1) is 18.3 Å². The molecule has 40 heavy (non-hydrogen) atoms. The molecular weight excluding hydrogens is 500 g/mol. The number of benzene rings is 4. The van der Waals surface area contributed by atoms with Crippen molar-refractivity contribution in [3.8, 4) is 22.9 Å². The monoisotopic (exact) mass is 532 g/mol. The van der Waals surface area contributed by atoms with E-state index in [9.17, 15) is 9.59 Å². The fraction of sp³-hybridized carbons (Fsp3) is 0.182. The smallest absolute Gasteiger partial charge is 0.251 e. The quantitative estimate of drug-likeness (QED) is 0.228. The molecule has 4 aromatic carbocycles. The molecule has 1 atom stereocenters. The van der Waals surface area contributed by atoms with Crippen LogP contribution in [0.2, 0.25) is 0 Å². The maximum absolute atomic E-state index is 13.3. The van der Waals surface area contributed by atoms with Crippen LogP contribution < -0.4 is 20.7 Å². The average Bonchev–Trinajstić information content (AvgIpc) is 3.00. The number of carbonyl (C=O) groups is 2. The average molecular weight is 533 g/mol. The molecule has 7 heteroatoms. The molecule has 4 aromatic rings. The number of ether oxygens (including phenoxy) is 1. The van der Waals surface area contributed by atoms with Gasteiger partial charge in [-0.3, -0.25) is 9.59 Å². The molecule has 0 saturated heterocycles. The molecule has 0 aliphatic rings. The van der Waals surface area contributed by atoms with Gasteiger partial charge in [-0.1, -0.05) is 54.1 Å². The summed E-state index contributed by atoms with van der Waals surface area (Å²) < 4.78 is 5.18. The van der Waals surface area contributed by atoms with Crippen molar-refractivity contribution >= 4 is 17.5 Å². The summed E-state index contributed by atoms with van der Waals surface area (Å²) in [5.41, 5.74) is 5.81. The second kappa shape index (κ2) is 13.6. The molecule has 202 valence electrons. The highest BCUT2D eigenvalue weighted by atomic mass is 16.5. The number of rotatable bonds is 11. The Kier molecular flexibility index (Phi) is 9.52. The molecule has 0 fully saturated rings. The normalized spacial score (nSPS) is 11.1. The van der Waals surface area contributed by atoms with Crippen LogP contribution in [0.4, 0.5) is 5.69 Å². The van der Waals surface area contributed by atoms with E-state index in [1.165, 1.54) is 0 Å². The summed E-state index contributed by atoms with van der Waals surface area (Å²) >= 11 is 0. The predicted octanol–water partition coefficient (Wildman–Crippen LogP) is 5.28. The zero-order valence-corrected chi connectivity index (χ0v) is 22.6. The van der Waals surface area contributed by atoms with E-state index in [0.29, 0.717) is 24.2 Å². The fourth-order valence-electron chi connectivity index (χ4n) is 4.31. The molecule has 7 nitrogen and oxygen atoms in total. The summed E-state index contributed by atoms with van der Waals surface area (Å²) in [5.74, 6) is -0.201. The van der Waals surface area contributed by atoms with Crippen LogP contribution in [-0.4, -0.2) is 38.6 Å². The summed E-state index contributed by atoms with van der Waals surface area (Å²) in [5, 5.41) is 18.3. The van der Waals surface area contributed by atoms with Crippen LogP contribution in [0.1, 0.15) is 33.0 Å². The molecule has 3 N–H and O–H groups in total. The maximum Gasteiger partial charge on any atom is 0.251 e. The van der Waals surface area contributed by atoms with Gasteiger partial charge in [-0.2, -0.15) is 5.26 Å². The van der Waals surface area contributed by atoms with Crippen LogP contribution in [0.3, 0.4) is 0 Å². The van der Waals surface area contributed by atoms with Gasteiger partial charge < -0.3 is 20.7 Å². The lowest BCUT2D eigenvalue weighted by Gasteiger charge is -2.19. The van der Waals surface area contributed by atoms with Gasteiger partial charge in [-0.05, 0) is 72.1 Å². The number of carbonyl (C=O) groups excluding carboxylic acids is 2. The molecule has 0 aliphatic carbocycles. The molecule has 1 unspecified atom stereocenters. The van der Waals surface area contributed by atoms with Gasteiger partial charge in [-0.15, -0.1) is 0 Å². The summed E-state index contributed by atoms with van der Waals surface area (Å²) in [4.78, 5) is 26.2. The van der Waals surface area contributed by atoms with Gasteiger partial charge in [0.2, 0.25) is 5.91 Å². The van der Waals surface area contributed by atoms with Gasteiger partial charge in [0.15, 0.2) is 0 Å². The van der Waals surface area contributed by atoms with E-state index in [1.54, 1.807) is 25.3 Å². The summed E-state index contributed by atoms with van der Waals surface area (Å²) in [6.07, 6.45) is 0. The predicted molar refractivity (Wildman–Crippen MR) is 157 cm³/mol. The molecule has 0 saturated carbocycles. The summed E-state index contributed by atoms with van der Waals surface area (Å²) in [7, 11) is 1.62. The zero-order valence-electron chi connectivity index (χ0n) is 22.6. The van der Waals surface area contributed by atoms with E-state index in [4.69, 9.17) is 10.00 Å². The lowest BCUT2D eigenvalue weighted by Crippen LogP contribution is -2.39. The molecule has 0 aromatic heterocycles. The van der Waals surface area contributed by atoms with Crippen molar-refractivity contribution in [1.29, 1.82) is 5.26 Å².